The van der Waals surface area contributed by atoms with Gasteiger partial charge in [0, 0.05) is 31.2 Å². The van der Waals surface area contributed by atoms with E-state index in [1.807, 2.05) is 0 Å². The number of nitrogens with zero attached hydrogens (tertiary/aromatic N) is 2. The first kappa shape index (κ1) is 12.9. The lowest BCUT2D eigenvalue weighted by molar-refractivity contribution is 0.396. The van der Waals surface area contributed by atoms with Crippen LogP contribution in [0.4, 0.5) is 5.69 Å². The number of anilines is 1. The minimum atomic E-state index is 0.813. The predicted octanol–water partition coefficient (Wildman–Crippen LogP) is 2.97. The SMILES string of the molecule is CN1CCC(CN(C)c2ccccc2CBr)C1. The van der Waals surface area contributed by atoms with Crippen LogP contribution in [-0.2, 0) is 5.33 Å². The Balaban J connectivity index is 2.01. The summed E-state index contributed by atoms with van der Waals surface area (Å²) in [6.07, 6.45) is 1.33. The fourth-order valence-corrected chi connectivity index (χ4v) is 3.13. The lowest BCUT2D eigenvalue weighted by atomic mass is 10.1. The highest BCUT2D eigenvalue weighted by Crippen LogP contribution is 2.24. The van der Waals surface area contributed by atoms with E-state index in [0.29, 0.717) is 0 Å². The zero-order chi connectivity index (χ0) is 12.3. The van der Waals surface area contributed by atoms with Gasteiger partial charge in [0.1, 0.15) is 0 Å². The smallest absolute Gasteiger partial charge is 0.0404 e. The summed E-state index contributed by atoms with van der Waals surface area (Å²) in [6, 6.07) is 8.65. The summed E-state index contributed by atoms with van der Waals surface area (Å²) in [6.45, 7) is 3.65. The predicted molar refractivity (Wildman–Crippen MR) is 77.9 cm³/mol. The molecule has 0 saturated carbocycles. The molecule has 17 heavy (non-hydrogen) atoms. The van der Waals surface area contributed by atoms with Gasteiger partial charge in [0.2, 0.25) is 0 Å². The van der Waals surface area contributed by atoms with Crippen molar-refractivity contribution < 1.29 is 0 Å². The molecule has 2 nitrogen and oxygen atoms in total. The Bertz CT molecular complexity index is 367. The van der Waals surface area contributed by atoms with Gasteiger partial charge in [-0.2, -0.15) is 0 Å². The lowest BCUT2D eigenvalue weighted by Gasteiger charge is -2.25. The molecule has 94 valence electrons. The summed E-state index contributed by atoms with van der Waals surface area (Å²) >= 11 is 3.56. The van der Waals surface area contributed by atoms with Crippen LogP contribution in [-0.4, -0.2) is 38.6 Å². The topological polar surface area (TPSA) is 6.48 Å². The fourth-order valence-electron chi connectivity index (χ4n) is 2.66. The maximum absolute atomic E-state index is 3.56. The minimum Gasteiger partial charge on any atom is -0.374 e. The van der Waals surface area contributed by atoms with Gasteiger partial charge in [-0.1, -0.05) is 34.1 Å². The summed E-state index contributed by atoms with van der Waals surface area (Å²) in [4.78, 5) is 4.83. The Morgan fingerprint density at radius 3 is 2.82 bits per heavy atom. The largest absolute Gasteiger partial charge is 0.374 e. The molecule has 2 rings (SSSR count). The van der Waals surface area contributed by atoms with E-state index in [4.69, 9.17) is 0 Å². The highest BCUT2D eigenvalue weighted by atomic mass is 79.9. The molecule has 0 spiro atoms. The van der Waals surface area contributed by atoms with Crippen molar-refractivity contribution in [3.8, 4) is 0 Å². The van der Waals surface area contributed by atoms with Crippen molar-refractivity contribution in [1.29, 1.82) is 0 Å². The van der Waals surface area contributed by atoms with E-state index in [-0.39, 0.29) is 0 Å². The molecule has 1 aromatic carbocycles. The number of rotatable bonds is 4. The highest BCUT2D eigenvalue weighted by molar-refractivity contribution is 9.08. The molecular formula is C14H21BrN2. The van der Waals surface area contributed by atoms with Gasteiger partial charge in [0.25, 0.3) is 0 Å². The van der Waals surface area contributed by atoms with Gasteiger partial charge in [-0.15, -0.1) is 0 Å². The Morgan fingerprint density at radius 1 is 1.41 bits per heavy atom. The first-order valence-electron chi connectivity index (χ1n) is 6.24. The van der Waals surface area contributed by atoms with Gasteiger partial charge in [-0.25, -0.2) is 0 Å². The molecule has 3 heteroatoms. The molecule has 1 aromatic rings. The summed E-state index contributed by atoms with van der Waals surface area (Å²) in [7, 11) is 4.42. The molecule has 0 N–H and O–H groups in total. The van der Waals surface area contributed by atoms with Crippen molar-refractivity contribution in [2.24, 2.45) is 5.92 Å². The van der Waals surface area contributed by atoms with Crippen LogP contribution in [0.25, 0.3) is 0 Å². The van der Waals surface area contributed by atoms with Crippen LogP contribution in [0.3, 0.4) is 0 Å². The van der Waals surface area contributed by atoms with Crippen LogP contribution in [0.15, 0.2) is 24.3 Å². The molecule has 0 amide bonds. The average molecular weight is 297 g/mol. The summed E-state index contributed by atoms with van der Waals surface area (Å²) in [5, 5.41) is 0.929. The van der Waals surface area contributed by atoms with Gasteiger partial charge in [-0.05, 0) is 37.6 Å². The van der Waals surface area contributed by atoms with Crippen molar-refractivity contribution in [2.45, 2.75) is 11.8 Å². The zero-order valence-corrected chi connectivity index (χ0v) is 12.3. The molecule has 0 aliphatic carbocycles. The molecule has 0 aromatic heterocycles. The molecular weight excluding hydrogens is 276 g/mol. The van der Waals surface area contributed by atoms with Crippen molar-refractivity contribution in [3.05, 3.63) is 29.8 Å². The van der Waals surface area contributed by atoms with Crippen molar-refractivity contribution in [3.63, 3.8) is 0 Å². The Labute approximate surface area is 113 Å². The average Bonchev–Trinajstić information content (AvgIpc) is 2.74. The Hall–Kier alpha value is -0.540. The summed E-state index contributed by atoms with van der Waals surface area (Å²) < 4.78 is 0. The van der Waals surface area contributed by atoms with Gasteiger partial charge in [-0.3, -0.25) is 0 Å². The number of para-hydroxylation sites is 1. The minimum absolute atomic E-state index is 0.813. The number of likely N-dealkylation sites (tertiary alicyclic amines) is 1. The molecule has 1 heterocycles. The number of benzene rings is 1. The summed E-state index contributed by atoms with van der Waals surface area (Å²) in [5.74, 6) is 0.813. The van der Waals surface area contributed by atoms with E-state index in [1.165, 1.54) is 30.8 Å². The number of hydrogen-bond donors (Lipinski definition) is 0. The maximum Gasteiger partial charge on any atom is 0.0404 e. The van der Waals surface area contributed by atoms with Crippen molar-refractivity contribution >= 4 is 21.6 Å². The molecule has 0 radical (unpaired) electrons. The van der Waals surface area contributed by atoms with E-state index in [9.17, 15) is 0 Å². The van der Waals surface area contributed by atoms with Gasteiger partial charge in [0.05, 0.1) is 0 Å². The Morgan fingerprint density at radius 2 is 2.18 bits per heavy atom. The fraction of sp³-hybridized carbons (Fsp3) is 0.571. The van der Waals surface area contributed by atoms with Gasteiger partial charge in [0.15, 0.2) is 0 Å². The number of alkyl halides is 1. The van der Waals surface area contributed by atoms with Gasteiger partial charge >= 0.3 is 0 Å². The van der Waals surface area contributed by atoms with E-state index in [2.05, 4.69) is 64.1 Å². The molecule has 1 fully saturated rings. The number of halogens is 1. The van der Waals surface area contributed by atoms with Crippen molar-refractivity contribution in [1.82, 2.24) is 4.90 Å². The van der Waals surface area contributed by atoms with Crippen LogP contribution in [0.2, 0.25) is 0 Å². The van der Waals surface area contributed by atoms with Crippen LogP contribution >= 0.6 is 15.9 Å². The lowest BCUT2D eigenvalue weighted by Crippen LogP contribution is -2.27. The van der Waals surface area contributed by atoms with E-state index < -0.39 is 0 Å². The van der Waals surface area contributed by atoms with Gasteiger partial charge < -0.3 is 9.80 Å². The monoisotopic (exact) mass is 296 g/mol. The molecule has 1 saturated heterocycles. The second-order valence-electron chi connectivity index (χ2n) is 5.06. The highest BCUT2D eigenvalue weighted by Gasteiger charge is 2.21. The first-order valence-corrected chi connectivity index (χ1v) is 7.36. The van der Waals surface area contributed by atoms with Crippen molar-refractivity contribution in [2.75, 3.05) is 38.6 Å². The zero-order valence-electron chi connectivity index (χ0n) is 10.7. The van der Waals surface area contributed by atoms with Crippen LogP contribution in [0.1, 0.15) is 12.0 Å². The van der Waals surface area contributed by atoms with Crippen LogP contribution < -0.4 is 4.90 Å². The second-order valence-corrected chi connectivity index (χ2v) is 5.62. The maximum atomic E-state index is 3.56. The standard InChI is InChI=1S/C14H21BrN2/c1-16-8-7-12(10-16)11-17(2)14-6-4-3-5-13(14)9-15/h3-6,12H,7-11H2,1-2H3. The van der Waals surface area contributed by atoms with E-state index in [0.717, 1.165) is 17.8 Å². The molecule has 1 aliphatic rings. The first-order chi connectivity index (χ1) is 8.20. The summed E-state index contributed by atoms with van der Waals surface area (Å²) in [5.41, 5.74) is 2.74. The number of hydrogen-bond acceptors (Lipinski definition) is 2. The third-order valence-corrected chi connectivity index (χ3v) is 4.17. The molecule has 0 bridgehead atoms. The quantitative estimate of drug-likeness (QED) is 0.788. The van der Waals surface area contributed by atoms with E-state index >= 15 is 0 Å². The molecule has 1 aliphatic heterocycles. The third kappa shape index (κ3) is 3.23. The van der Waals surface area contributed by atoms with E-state index in [1.54, 1.807) is 0 Å². The van der Waals surface area contributed by atoms with Crippen LogP contribution in [0.5, 0.6) is 0 Å². The normalized spacial score (nSPS) is 20.8. The second kappa shape index (κ2) is 5.87. The Kier molecular flexibility index (Phi) is 4.46. The third-order valence-electron chi connectivity index (χ3n) is 3.57. The molecule has 1 atom stereocenters. The molecule has 1 unspecified atom stereocenters. The van der Waals surface area contributed by atoms with Crippen LogP contribution in [0, 0.1) is 5.92 Å².